The molecular weight excluding hydrogens is 338 g/mol. The number of nitrogens with zero attached hydrogens (tertiary/aromatic N) is 2. The van der Waals surface area contributed by atoms with Crippen molar-refractivity contribution in [3.05, 3.63) is 50.6 Å². The van der Waals surface area contributed by atoms with E-state index in [2.05, 4.69) is 26.2 Å². The van der Waals surface area contributed by atoms with Crippen LogP contribution < -0.4 is 10.1 Å². The Bertz CT molecular complexity index is 706. The van der Waals surface area contributed by atoms with E-state index in [1.807, 2.05) is 12.1 Å². The van der Waals surface area contributed by atoms with Crippen LogP contribution in [0.1, 0.15) is 12.0 Å². The number of hydrogen-bond acceptors (Lipinski definition) is 5. The molecule has 0 atom stereocenters. The molecule has 3 rings (SSSR count). The minimum atomic E-state index is -0.504. The van der Waals surface area contributed by atoms with Crippen molar-refractivity contribution < 1.29 is 9.66 Å². The van der Waals surface area contributed by atoms with Crippen LogP contribution in [0.25, 0.3) is 0 Å². The van der Waals surface area contributed by atoms with E-state index in [0.29, 0.717) is 10.2 Å². The Morgan fingerprint density at radius 3 is 3.10 bits per heavy atom. The average Bonchev–Trinajstić information content (AvgIpc) is 2.49. The molecule has 2 heterocycles. The zero-order valence-corrected chi connectivity index (χ0v) is 12.6. The summed E-state index contributed by atoms with van der Waals surface area (Å²) >= 11 is 3.18. The van der Waals surface area contributed by atoms with E-state index >= 15 is 0 Å². The zero-order chi connectivity index (χ0) is 14.8. The summed E-state index contributed by atoms with van der Waals surface area (Å²) in [6, 6.07) is 7.07. The molecule has 2 aromatic rings. The molecule has 108 valence electrons. The van der Waals surface area contributed by atoms with Crippen LogP contribution in [-0.2, 0) is 6.42 Å². The van der Waals surface area contributed by atoms with Crippen molar-refractivity contribution in [2.45, 2.75) is 12.8 Å². The molecular formula is C14H12BrN3O3. The maximum Gasteiger partial charge on any atom is 0.332 e. The number of fused-ring (bicyclic) bond motifs is 1. The quantitative estimate of drug-likeness (QED) is 0.671. The molecule has 0 radical (unpaired) electrons. The molecule has 0 aliphatic carbocycles. The van der Waals surface area contributed by atoms with Crippen molar-refractivity contribution in [1.82, 2.24) is 4.98 Å². The first-order chi connectivity index (χ1) is 10.1. The lowest BCUT2D eigenvalue weighted by Crippen LogP contribution is -2.12. The predicted octanol–water partition coefficient (Wildman–Crippen LogP) is 3.90. The number of ether oxygens (including phenoxy) is 1. The average molecular weight is 350 g/mol. The molecule has 1 aliphatic heterocycles. The number of nitro groups is 1. The second kappa shape index (κ2) is 5.69. The van der Waals surface area contributed by atoms with Crippen LogP contribution in [0.2, 0.25) is 0 Å². The highest BCUT2D eigenvalue weighted by molar-refractivity contribution is 9.10. The summed E-state index contributed by atoms with van der Waals surface area (Å²) in [6.45, 7) is 0.864. The molecule has 0 bridgehead atoms. The van der Waals surface area contributed by atoms with Crippen LogP contribution in [0.3, 0.4) is 0 Å². The molecule has 7 heteroatoms. The fraction of sp³-hybridized carbons (Fsp3) is 0.214. The maximum absolute atomic E-state index is 11.1. The Hall–Kier alpha value is -2.15. The lowest BCUT2D eigenvalue weighted by molar-refractivity contribution is -0.386. The normalized spacial score (nSPS) is 13.2. The van der Waals surface area contributed by atoms with Gasteiger partial charge in [-0.1, -0.05) is 12.1 Å². The fourth-order valence-corrected chi connectivity index (χ4v) is 2.61. The van der Waals surface area contributed by atoms with Crippen molar-refractivity contribution in [2.75, 3.05) is 11.9 Å². The summed E-state index contributed by atoms with van der Waals surface area (Å²) in [4.78, 5) is 14.6. The smallest absolute Gasteiger partial charge is 0.332 e. The number of aryl methyl sites for hydroxylation is 1. The van der Waals surface area contributed by atoms with E-state index < -0.39 is 4.92 Å². The van der Waals surface area contributed by atoms with E-state index in [1.165, 1.54) is 12.3 Å². The van der Waals surface area contributed by atoms with Crippen LogP contribution >= 0.6 is 15.9 Å². The molecule has 0 spiro atoms. The van der Waals surface area contributed by atoms with Gasteiger partial charge in [-0.3, -0.25) is 10.1 Å². The number of benzene rings is 1. The number of anilines is 1. The maximum atomic E-state index is 11.1. The van der Waals surface area contributed by atoms with Crippen LogP contribution in [0, 0.1) is 10.1 Å². The highest BCUT2D eigenvalue weighted by atomic mass is 79.9. The number of aromatic nitrogens is 1. The molecule has 0 saturated heterocycles. The zero-order valence-electron chi connectivity index (χ0n) is 11.0. The second-order valence-electron chi connectivity index (χ2n) is 4.66. The van der Waals surface area contributed by atoms with Crippen molar-refractivity contribution in [2.24, 2.45) is 0 Å². The fourth-order valence-electron chi connectivity index (χ4n) is 2.29. The number of hydrogen-bond donors (Lipinski definition) is 1. The largest absolute Gasteiger partial charge is 0.431 e. The Kier molecular flexibility index (Phi) is 3.74. The van der Waals surface area contributed by atoms with Gasteiger partial charge >= 0.3 is 5.69 Å². The molecule has 21 heavy (non-hydrogen) atoms. The highest BCUT2D eigenvalue weighted by Gasteiger charge is 2.21. The summed E-state index contributed by atoms with van der Waals surface area (Å²) < 4.78 is 6.22. The predicted molar refractivity (Wildman–Crippen MR) is 81.9 cm³/mol. The minimum absolute atomic E-state index is 0.0102. The number of pyridine rings is 1. The summed E-state index contributed by atoms with van der Waals surface area (Å²) in [7, 11) is 0. The highest BCUT2D eigenvalue weighted by Crippen LogP contribution is 2.37. The Morgan fingerprint density at radius 2 is 2.29 bits per heavy atom. The first-order valence-corrected chi connectivity index (χ1v) is 7.28. The number of nitrogens with one attached hydrogen (secondary N) is 1. The van der Waals surface area contributed by atoms with Crippen LogP contribution in [0.15, 0.2) is 34.9 Å². The lowest BCUT2D eigenvalue weighted by atomic mass is 10.0. The molecule has 1 N–H and O–H groups in total. The SMILES string of the molecule is O=[N+]([O-])c1cc(Br)cnc1Oc1cccc2c1NCCC2. The van der Waals surface area contributed by atoms with Gasteiger partial charge in [0.25, 0.3) is 5.88 Å². The first-order valence-electron chi connectivity index (χ1n) is 6.48. The van der Waals surface area contributed by atoms with Gasteiger partial charge in [-0.05, 0) is 40.4 Å². The van der Waals surface area contributed by atoms with E-state index in [4.69, 9.17) is 4.74 Å². The molecule has 0 unspecified atom stereocenters. The van der Waals surface area contributed by atoms with Gasteiger partial charge in [-0.25, -0.2) is 4.98 Å². The van der Waals surface area contributed by atoms with Gasteiger partial charge in [-0.15, -0.1) is 0 Å². The number of para-hydroxylation sites is 1. The van der Waals surface area contributed by atoms with Gasteiger partial charge < -0.3 is 10.1 Å². The number of rotatable bonds is 3. The monoisotopic (exact) mass is 349 g/mol. The van der Waals surface area contributed by atoms with Crippen molar-refractivity contribution >= 4 is 27.3 Å². The van der Waals surface area contributed by atoms with Crippen LogP contribution in [-0.4, -0.2) is 16.5 Å². The van der Waals surface area contributed by atoms with Gasteiger partial charge in [0, 0.05) is 23.3 Å². The van der Waals surface area contributed by atoms with Gasteiger partial charge in [-0.2, -0.15) is 0 Å². The van der Waals surface area contributed by atoms with Gasteiger partial charge in [0.1, 0.15) is 0 Å². The third-order valence-electron chi connectivity index (χ3n) is 3.24. The molecule has 0 amide bonds. The molecule has 1 aromatic heterocycles. The van der Waals surface area contributed by atoms with E-state index in [9.17, 15) is 10.1 Å². The lowest BCUT2D eigenvalue weighted by Gasteiger charge is -2.20. The minimum Gasteiger partial charge on any atom is -0.431 e. The Morgan fingerprint density at radius 1 is 1.43 bits per heavy atom. The Balaban J connectivity index is 2.00. The van der Waals surface area contributed by atoms with E-state index in [1.54, 1.807) is 6.07 Å². The van der Waals surface area contributed by atoms with Crippen molar-refractivity contribution in [3.63, 3.8) is 0 Å². The van der Waals surface area contributed by atoms with Gasteiger partial charge in [0.05, 0.1) is 10.6 Å². The molecule has 6 nitrogen and oxygen atoms in total. The Labute approximate surface area is 129 Å². The summed E-state index contributed by atoms with van der Waals surface area (Å²) in [6.07, 6.45) is 3.51. The summed E-state index contributed by atoms with van der Waals surface area (Å²) in [5.74, 6) is 0.550. The number of halogens is 1. The first kappa shape index (κ1) is 13.8. The molecule has 0 saturated carbocycles. The molecule has 1 aromatic carbocycles. The second-order valence-corrected chi connectivity index (χ2v) is 5.57. The summed E-state index contributed by atoms with van der Waals surface area (Å²) in [5, 5.41) is 14.4. The van der Waals surface area contributed by atoms with Crippen LogP contribution in [0.4, 0.5) is 11.4 Å². The molecule has 0 fully saturated rings. The van der Waals surface area contributed by atoms with E-state index in [-0.39, 0.29) is 11.6 Å². The third kappa shape index (κ3) is 2.82. The van der Waals surface area contributed by atoms with Crippen molar-refractivity contribution in [1.29, 1.82) is 0 Å². The molecule has 1 aliphatic rings. The topological polar surface area (TPSA) is 77.3 Å². The summed E-state index contributed by atoms with van der Waals surface area (Å²) in [5.41, 5.74) is 1.87. The van der Waals surface area contributed by atoms with Gasteiger partial charge in [0.2, 0.25) is 0 Å². The van der Waals surface area contributed by atoms with Crippen molar-refractivity contribution in [3.8, 4) is 11.6 Å². The van der Waals surface area contributed by atoms with E-state index in [0.717, 1.165) is 30.6 Å². The third-order valence-corrected chi connectivity index (χ3v) is 3.67. The van der Waals surface area contributed by atoms with Gasteiger partial charge in [0.15, 0.2) is 5.75 Å². The standard InChI is InChI=1S/C14H12BrN3O3/c15-10-7-11(18(19)20)14(17-8-10)21-12-5-1-3-9-4-2-6-16-13(9)12/h1,3,5,7-8,16H,2,4,6H2. The van der Waals surface area contributed by atoms with Crippen LogP contribution in [0.5, 0.6) is 11.6 Å².